The molecule has 1 unspecified atom stereocenters. The van der Waals surface area contributed by atoms with Crippen molar-refractivity contribution in [3.8, 4) is 0 Å². The average molecular weight is 174 g/mol. The maximum atomic E-state index is 8.80. The number of nitrogens with zero attached hydrogens (tertiary/aromatic N) is 2. The van der Waals surface area contributed by atoms with Crippen molar-refractivity contribution in [2.24, 2.45) is 16.7 Å². The molecule has 0 saturated carbocycles. The number of aliphatic hydroxyl groups is 1. The Morgan fingerprint density at radius 3 is 3.08 bits per heavy atom. The summed E-state index contributed by atoms with van der Waals surface area (Å²) in [4.78, 5) is 1.78. The van der Waals surface area contributed by atoms with E-state index in [1.807, 2.05) is 0 Å². The first-order chi connectivity index (χ1) is 5.77. The van der Waals surface area contributed by atoms with E-state index < -0.39 is 0 Å². The van der Waals surface area contributed by atoms with Gasteiger partial charge in [0.2, 0.25) is 5.96 Å². The van der Waals surface area contributed by atoms with Crippen molar-refractivity contribution in [2.75, 3.05) is 26.3 Å². The molecule has 1 aliphatic rings. The van der Waals surface area contributed by atoms with Gasteiger partial charge in [-0.25, -0.2) is 0 Å². The van der Waals surface area contributed by atoms with Crippen molar-refractivity contribution in [3.63, 3.8) is 0 Å². The zero-order chi connectivity index (χ0) is 8.97. The molecule has 0 aromatic rings. The first-order valence-corrected chi connectivity index (χ1v) is 3.78. The Balaban J connectivity index is 2.45. The number of nitrogens with two attached hydrogens (primary N) is 2. The molecular formula is C6H14N4O2. The van der Waals surface area contributed by atoms with Crippen molar-refractivity contribution >= 4 is 5.96 Å². The summed E-state index contributed by atoms with van der Waals surface area (Å²) in [5.41, 5.74) is 5.48. The highest BCUT2D eigenvalue weighted by Crippen LogP contribution is 2.03. The molecule has 0 aromatic heterocycles. The predicted molar refractivity (Wildman–Crippen MR) is 44.2 cm³/mol. The molecule has 1 atom stereocenters. The Hall–Kier alpha value is -1.01. The number of guanidine groups is 1. The summed E-state index contributed by atoms with van der Waals surface area (Å²) in [5, 5.41) is 12.2. The molecule has 70 valence electrons. The standard InChI is InChI=1S/C6H14N4O2/c7-6(9-8)10-1-2-12-5(3-10)4-11/h5,11H,1-4,8H2,(H2,7,9). The molecule has 6 nitrogen and oxygen atoms in total. The van der Waals surface area contributed by atoms with Crippen LogP contribution in [-0.4, -0.2) is 48.4 Å². The molecule has 0 radical (unpaired) electrons. The first kappa shape index (κ1) is 9.08. The minimum absolute atomic E-state index is 0.00560. The van der Waals surface area contributed by atoms with Crippen LogP contribution in [-0.2, 0) is 4.74 Å². The Morgan fingerprint density at radius 1 is 1.75 bits per heavy atom. The quantitative estimate of drug-likeness (QED) is 0.182. The molecule has 0 spiro atoms. The first-order valence-electron chi connectivity index (χ1n) is 3.78. The van der Waals surface area contributed by atoms with Gasteiger partial charge in [-0.3, -0.25) is 0 Å². The third-order valence-corrected chi connectivity index (χ3v) is 1.80. The fourth-order valence-corrected chi connectivity index (χ4v) is 1.12. The highest BCUT2D eigenvalue weighted by atomic mass is 16.5. The van der Waals surface area contributed by atoms with Crippen LogP contribution in [0.15, 0.2) is 5.10 Å². The lowest BCUT2D eigenvalue weighted by molar-refractivity contribution is -0.0344. The van der Waals surface area contributed by atoms with Crippen LogP contribution < -0.4 is 11.6 Å². The van der Waals surface area contributed by atoms with E-state index in [-0.39, 0.29) is 18.7 Å². The molecule has 1 saturated heterocycles. The number of morpholine rings is 1. The van der Waals surface area contributed by atoms with E-state index in [1.54, 1.807) is 4.90 Å². The van der Waals surface area contributed by atoms with Gasteiger partial charge in [0.1, 0.15) is 0 Å². The summed E-state index contributed by atoms with van der Waals surface area (Å²) in [5.74, 6) is 5.30. The van der Waals surface area contributed by atoms with Crippen molar-refractivity contribution in [3.05, 3.63) is 0 Å². The molecule has 0 amide bonds. The van der Waals surface area contributed by atoms with Gasteiger partial charge in [-0.1, -0.05) is 0 Å². The Morgan fingerprint density at radius 2 is 2.50 bits per heavy atom. The number of hydrogen-bond donors (Lipinski definition) is 3. The number of hydrogen-bond acceptors (Lipinski definition) is 4. The van der Waals surface area contributed by atoms with Crippen LogP contribution in [0.5, 0.6) is 0 Å². The van der Waals surface area contributed by atoms with Gasteiger partial charge < -0.3 is 26.3 Å². The van der Waals surface area contributed by atoms with E-state index >= 15 is 0 Å². The zero-order valence-electron chi connectivity index (χ0n) is 6.81. The molecule has 12 heavy (non-hydrogen) atoms. The fraction of sp³-hybridized carbons (Fsp3) is 0.833. The van der Waals surface area contributed by atoms with Crippen LogP contribution in [0.25, 0.3) is 0 Å². The van der Waals surface area contributed by atoms with E-state index in [0.717, 1.165) is 0 Å². The predicted octanol–water partition coefficient (Wildman–Crippen LogP) is -2.13. The average Bonchev–Trinajstić information content (AvgIpc) is 2.17. The highest BCUT2D eigenvalue weighted by Gasteiger charge is 2.20. The van der Waals surface area contributed by atoms with Gasteiger partial charge in [-0.2, -0.15) is 0 Å². The topological polar surface area (TPSA) is 97.1 Å². The van der Waals surface area contributed by atoms with Crippen LogP contribution >= 0.6 is 0 Å². The minimum Gasteiger partial charge on any atom is -0.394 e. The minimum atomic E-state index is -0.181. The second-order valence-electron chi connectivity index (χ2n) is 2.61. The molecule has 0 bridgehead atoms. The van der Waals surface area contributed by atoms with Crippen LogP contribution in [0.4, 0.5) is 0 Å². The monoisotopic (exact) mass is 174 g/mol. The Labute approximate surface area is 70.8 Å². The van der Waals surface area contributed by atoms with E-state index in [1.165, 1.54) is 0 Å². The second kappa shape index (κ2) is 4.13. The smallest absolute Gasteiger partial charge is 0.213 e. The maximum Gasteiger partial charge on any atom is 0.213 e. The molecule has 0 aliphatic carbocycles. The second-order valence-corrected chi connectivity index (χ2v) is 2.61. The lowest BCUT2D eigenvalue weighted by atomic mass is 10.3. The van der Waals surface area contributed by atoms with Gasteiger partial charge in [0, 0.05) is 13.1 Å². The van der Waals surface area contributed by atoms with Crippen molar-refractivity contribution < 1.29 is 9.84 Å². The number of hydrazone groups is 1. The normalized spacial score (nSPS) is 25.9. The Bertz CT molecular complexity index is 173. The molecule has 6 heteroatoms. The van der Waals surface area contributed by atoms with Gasteiger partial charge in [-0.05, 0) is 0 Å². The van der Waals surface area contributed by atoms with Crippen molar-refractivity contribution in [2.45, 2.75) is 6.10 Å². The Kier molecular flexibility index (Phi) is 3.12. The molecular weight excluding hydrogens is 160 g/mol. The van der Waals surface area contributed by atoms with Crippen LogP contribution in [0.1, 0.15) is 0 Å². The summed E-state index contributed by atoms with van der Waals surface area (Å²) in [6, 6.07) is 0. The largest absolute Gasteiger partial charge is 0.394 e. The fourth-order valence-electron chi connectivity index (χ4n) is 1.12. The molecule has 0 aromatic carbocycles. The van der Waals surface area contributed by atoms with E-state index in [4.69, 9.17) is 21.4 Å². The summed E-state index contributed by atoms with van der Waals surface area (Å²) < 4.78 is 5.21. The van der Waals surface area contributed by atoms with Gasteiger partial charge in [0.25, 0.3) is 0 Å². The van der Waals surface area contributed by atoms with E-state index in [2.05, 4.69) is 5.10 Å². The highest BCUT2D eigenvalue weighted by molar-refractivity contribution is 5.77. The van der Waals surface area contributed by atoms with Crippen molar-refractivity contribution in [1.82, 2.24) is 4.90 Å². The van der Waals surface area contributed by atoms with Gasteiger partial charge in [0.05, 0.1) is 19.3 Å². The van der Waals surface area contributed by atoms with Crippen LogP contribution in [0, 0.1) is 0 Å². The molecule has 1 rings (SSSR count). The molecule has 5 N–H and O–H groups in total. The molecule has 1 heterocycles. The van der Waals surface area contributed by atoms with Crippen molar-refractivity contribution in [1.29, 1.82) is 0 Å². The zero-order valence-corrected chi connectivity index (χ0v) is 6.81. The van der Waals surface area contributed by atoms with E-state index in [9.17, 15) is 0 Å². The number of ether oxygens (including phenoxy) is 1. The van der Waals surface area contributed by atoms with Gasteiger partial charge >= 0.3 is 0 Å². The summed E-state index contributed by atoms with van der Waals surface area (Å²) in [7, 11) is 0. The summed E-state index contributed by atoms with van der Waals surface area (Å²) >= 11 is 0. The maximum absolute atomic E-state index is 8.80. The van der Waals surface area contributed by atoms with Gasteiger partial charge in [0.15, 0.2) is 0 Å². The third kappa shape index (κ3) is 1.99. The SMILES string of the molecule is NN=C(N)N1CCOC(CO)C1. The number of rotatable bonds is 1. The molecule has 1 fully saturated rings. The summed E-state index contributed by atoms with van der Waals surface area (Å²) in [6.07, 6.45) is -0.181. The van der Waals surface area contributed by atoms with E-state index in [0.29, 0.717) is 19.7 Å². The third-order valence-electron chi connectivity index (χ3n) is 1.80. The number of aliphatic hydroxyl groups excluding tert-OH is 1. The molecule has 1 aliphatic heterocycles. The van der Waals surface area contributed by atoms with Gasteiger partial charge in [-0.15, -0.1) is 5.10 Å². The lowest BCUT2D eigenvalue weighted by Gasteiger charge is -2.32. The summed E-state index contributed by atoms with van der Waals surface area (Å²) in [6.45, 7) is 1.75. The van der Waals surface area contributed by atoms with Crippen LogP contribution in [0.3, 0.4) is 0 Å². The van der Waals surface area contributed by atoms with Crippen LogP contribution in [0.2, 0.25) is 0 Å². The lowest BCUT2D eigenvalue weighted by Crippen LogP contribution is -2.50.